The van der Waals surface area contributed by atoms with Crippen LogP contribution in [-0.2, 0) is 9.59 Å². The van der Waals surface area contributed by atoms with Gasteiger partial charge in [-0.3, -0.25) is 9.59 Å². The molecule has 1 aromatic heterocycles. The molecule has 0 radical (unpaired) electrons. The highest BCUT2D eigenvalue weighted by molar-refractivity contribution is 6.30. The number of halogens is 1. The van der Waals surface area contributed by atoms with Gasteiger partial charge >= 0.3 is 0 Å². The standard InChI is InChI=1S/C23H27ClN4O3/c24-18-5-8-20(9-6-18)31-16-22(29)28-13-11-27(12-14-28)21-10-7-19(15-25-21)26-23(30)17-3-1-2-4-17/h5-10,15,17H,1-4,11-14,16H2,(H,26,30). The highest BCUT2D eigenvalue weighted by atomic mass is 35.5. The maximum absolute atomic E-state index is 12.4. The minimum absolute atomic E-state index is 0.00920. The third-order valence-electron chi connectivity index (χ3n) is 5.87. The molecule has 0 unspecified atom stereocenters. The number of benzene rings is 1. The van der Waals surface area contributed by atoms with E-state index < -0.39 is 0 Å². The normalized spacial score (nSPS) is 16.9. The minimum Gasteiger partial charge on any atom is -0.484 e. The van der Waals surface area contributed by atoms with Crippen molar-refractivity contribution in [3.05, 3.63) is 47.6 Å². The second-order valence-electron chi connectivity index (χ2n) is 7.99. The fourth-order valence-electron chi connectivity index (χ4n) is 4.03. The minimum atomic E-state index is -0.0347. The second kappa shape index (κ2) is 10.0. The average molecular weight is 443 g/mol. The molecule has 1 saturated carbocycles. The van der Waals surface area contributed by atoms with Crippen molar-refractivity contribution < 1.29 is 14.3 Å². The number of pyridine rings is 1. The Kier molecular flexibility index (Phi) is 6.92. The highest BCUT2D eigenvalue weighted by Gasteiger charge is 2.24. The lowest BCUT2D eigenvalue weighted by Gasteiger charge is -2.35. The van der Waals surface area contributed by atoms with E-state index >= 15 is 0 Å². The van der Waals surface area contributed by atoms with E-state index in [0.29, 0.717) is 37.0 Å². The number of hydrogen-bond donors (Lipinski definition) is 1. The van der Waals surface area contributed by atoms with Crippen LogP contribution >= 0.6 is 11.6 Å². The molecule has 2 amide bonds. The molecule has 31 heavy (non-hydrogen) atoms. The summed E-state index contributed by atoms with van der Waals surface area (Å²) in [5.74, 6) is 1.67. The van der Waals surface area contributed by atoms with Crippen LogP contribution in [0.4, 0.5) is 11.5 Å². The number of ether oxygens (including phenoxy) is 1. The maximum Gasteiger partial charge on any atom is 0.260 e. The summed E-state index contributed by atoms with van der Waals surface area (Å²) >= 11 is 5.86. The second-order valence-corrected chi connectivity index (χ2v) is 8.42. The number of anilines is 2. The van der Waals surface area contributed by atoms with Crippen molar-refractivity contribution in [1.82, 2.24) is 9.88 Å². The lowest BCUT2D eigenvalue weighted by Crippen LogP contribution is -2.50. The van der Waals surface area contributed by atoms with Gasteiger partial charge in [-0.25, -0.2) is 4.98 Å². The molecule has 4 rings (SSSR count). The molecule has 1 aliphatic carbocycles. The summed E-state index contributed by atoms with van der Waals surface area (Å²) in [5, 5.41) is 3.60. The number of carbonyl (C=O) groups is 2. The van der Waals surface area contributed by atoms with Gasteiger partial charge in [-0.2, -0.15) is 0 Å². The molecule has 0 spiro atoms. The van der Waals surface area contributed by atoms with Gasteiger partial charge in [0.05, 0.1) is 11.9 Å². The Morgan fingerprint density at radius 3 is 2.39 bits per heavy atom. The predicted octanol–water partition coefficient (Wildman–Crippen LogP) is 3.59. The maximum atomic E-state index is 12.4. The van der Waals surface area contributed by atoms with Crippen LogP contribution in [0.15, 0.2) is 42.6 Å². The van der Waals surface area contributed by atoms with E-state index in [1.807, 2.05) is 17.0 Å². The number of amides is 2. The van der Waals surface area contributed by atoms with Crippen LogP contribution in [0.5, 0.6) is 5.75 Å². The molecule has 1 aromatic carbocycles. The molecule has 2 fully saturated rings. The fraction of sp³-hybridized carbons (Fsp3) is 0.435. The Morgan fingerprint density at radius 2 is 1.74 bits per heavy atom. The molecule has 7 nitrogen and oxygen atoms in total. The van der Waals surface area contributed by atoms with Crippen molar-refractivity contribution in [2.75, 3.05) is 43.0 Å². The zero-order valence-electron chi connectivity index (χ0n) is 17.4. The molecule has 1 N–H and O–H groups in total. The average Bonchev–Trinajstić information content (AvgIpc) is 3.34. The highest BCUT2D eigenvalue weighted by Crippen LogP contribution is 2.26. The topological polar surface area (TPSA) is 74.8 Å². The van der Waals surface area contributed by atoms with Gasteiger partial charge in [-0.15, -0.1) is 0 Å². The lowest BCUT2D eigenvalue weighted by molar-refractivity contribution is -0.133. The first kappa shape index (κ1) is 21.4. The predicted molar refractivity (Wildman–Crippen MR) is 121 cm³/mol. The molecule has 2 aliphatic rings. The lowest BCUT2D eigenvalue weighted by atomic mass is 10.1. The van der Waals surface area contributed by atoms with Gasteiger partial charge in [-0.05, 0) is 49.2 Å². The summed E-state index contributed by atoms with van der Waals surface area (Å²) in [5.41, 5.74) is 0.730. The van der Waals surface area contributed by atoms with Gasteiger partial charge in [0, 0.05) is 37.1 Å². The van der Waals surface area contributed by atoms with Crippen LogP contribution < -0.4 is 15.0 Å². The Morgan fingerprint density at radius 1 is 1.03 bits per heavy atom. The summed E-state index contributed by atoms with van der Waals surface area (Å²) in [6.07, 6.45) is 5.93. The summed E-state index contributed by atoms with van der Waals surface area (Å²) in [4.78, 5) is 33.2. The zero-order valence-corrected chi connectivity index (χ0v) is 18.2. The molecule has 8 heteroatoms. The number of hydrogen-bond acceptors (Lipinski definition) is 5. The van der Waals surface area contributed by atoms with Gasteiger partial charge in [0.15, 0.2) is 6.61 Å². The van der Waals surface area contributed by atoms with Crippen molar-refractivity contribution in [2.24, 2.45) is 5.92 Å². The van der Waals surface area contributed by atoms with Crippen molar-refractivity contribution in [3.63, 3.8) is 0 Å². The first-order valence-corrected chi connectivity index (χ1v) is 11.1. The molecule has 2 aromatic rings. The van der Waals surface area contributed by atoms with E-state index in [1.54, 1.807) is 30.5 Å². The van der Waals surface area contributed by atoms with E-state index in [2.05, 4.69) is 15.2 Å². The smallest absolute Gasteiger partial charge is 0.260 e. The summed E-state index contributed by atoms with van der Waals surface area (Å²) < 4.78 is 5.56. The number of rotatable bonds is 6. The molecule has 164 valence electrons. The van der Waals surface area contributed by atoms with E-state index in [4.69, 9.17) is 16.3 Å². The molecule has 0 bridgehead atoms. The van der Waals surface area contributed by atoms with Crippen LogP contribution in [0.25, 0.3) is 0 Å². The van der Waals surface area contributed by atoms with E-state index in [-0.39, 0.29) is 24.3 Å². The monoisotopic (exact) mass is 442 g/mol. The summed E-state index contributed by atoms with van der Waals surface area (Å²) in [6.45, 7) is 2.64. The summed E-state index contributed by atoms with van der Waals surface area (Å²) in [6, 6.07) is 10.8. The first-order chi connectivity index (χ1) is 15.1. The number of piperazine rings is 1. The SMILES string of the molecule is O=C(Nc1ccc(N2CCN(C(=O)COc3ccc(Cl)cc3)CC2)nc1)C1CCCC1. The van der Waals surface area contributed by atoms with Crippen LogP contribution in [0, 0.1) is 5.92 Å². The molecule has 1 saturated heterocycles. The number of carbonyl (C=O) groups excluding carboxylic acids is 2. The van der Waals surface area contributed by atoms with Gasteiger partial charge in [0.2, 0.25) is 5.91 Å². The van der Waals surface area contributed by atoms with E-state index in [9.17, 15) is 9.59 Å². The molecule has 2 heterocycles. The Bertz CT molecular complexity index is 890. The van der Waals surface area contributed by atoms with Crippen molar-refractivity contribution in [1.29, 1.82) is 0 Å². The van der Waals surface area contributed by atoms with Gasteiger partial charge in [-0.1, -0.05) is 24.4 Å². The van der Waals surface area contributed by atoms with Crippen LogP contribution in [0.2, 0.25) is 5.02 Å². The van der Waals surface area contributed by atoms with E-state index in [1.165, 1.54) is 0 Å². The Balaban J connectivity index is 1.23. The Labute approximate surface area is 187 Å². The molecule has 1 aliphatic heterocycles. The van der Waals surface area contributed by atoms with Crippen molar-refractivity contribution in [3.8, 4) is 5.75 Å². The number of aromatic nitrogens is 1. The quantitative estimate of drug-likeness (QED) is 0.739. The summed E-state index contributed by atoms with van der Waals surface area (Å²) in [7, 11) is 0. The molecular formula is C23H27ClN4O3. The zero-order chi connectivity index (χ0) is 21.6. The molecule has 0 atom stereocenters. The third-order valence-corrected chi connectivity index (χ3v) is 6.13. The molecular weight excluding hydrogens is 416 g/mol. The van der Waals surface area contributed by atoms with Crippen LogP contribution in [0.3, 0.4) is 0 Å². The van der Waals surface area contributed by atoms with E-state index in [0.717, 1.165) is 37.2 Å². The van der Waals surface area contributed by atoms with Gasteiger partial charge in [0.25, 0.3) is 5.91 Å². The van der Waals surface area contributed by atoms with Crippen LogP contribution in [-0.4, -0.2) is 54.5 Å². The van der Waals surface area contributed by atoms with Crippen LogP contribution in [0.1, 0.15) is 25.7 Å². The van der Waals surface area contributed by atoms with Gasteiger partial charge in [0.1, 0.15) is 11.6 Å². The van der Waals surface area contributed by atoms with Gasteiger partial charge < -0.3 is 19.9 Å². The third kappa shape index (κ3) is 5.67. The Hall–Kier alpha value is -2.80. The largest absolute Gasteiger partial charge is 0.484 e. The first-order valence-electron chi connectivity index (χ1n) is 10.8. The number of nitrogens with one attached hydrogen (secondary N) is 1. The number of nitrogens with zero attached hydrogens (tertiary/aromatic N) is 3. The van der Waals surface area contributed by atoms with Crippen molar-refractivity contribution >= 4 is 34.9 Å². The van der Waals surface area contributed by atoms with Crippen molar-refractivity contribution in [2.45, 2.75) is 25.7 Å². The fourth-order valence-corrected chi connectivity index (χ4v) is 4.16.